The van der Waals surface area contributed by atoms with Crippen molar-refractivity contribution in [1.82, 2.24) is 15.1 Å². The molecular formula is C17H18FN3O3. The molecule has 6 nitrogen and oxygen atoms in total. The first-order valence-electron chi connectivity index (χ1n) is 7.71. The summed E-state index contributed by atoms with van der Waals surface area (Å²) in [5.41, 5.74) is 0.410. The summed E-state index contributed by atoms with van der Waals surface area (Å²) in [7, 11) is 1.51. The van der Waals surface area contributed by atoms with E-state index in [1.807, 2.05) is 0 Å². The van der Waals surface area contributed by atoms with E-state index < -0.39 is 0 Å². The SMILES string of the molecule is COc1ccc(O[C@H]2CCN(C(=O)Cc3ccccc3F)C2)nn1. The molecule has 1 aliphatic rings. The highest BCUT2D eigenvalue weighted by atomic mass is 19.1. The first-order valence-corrected chi connectivity index (χ1v) is 7.71. The van der Waals surface area contributed by atoms with Crippen LogP contribution in [0.15, 0.2) is 36.4 Å². The van der Waals surface area contributed by atoms with Gasteiger partial charge in [-0.1, -0.05) is 18.2 Å². The van der Waals surface area contributed by atoms with Crippen LogP contribution < -0.4 is 9.47 Å². The normalized spacial score (nSPS) is 16.9. The van der Waals surface area contributed by atoms with Crippen molar-refractivity contribution < 1.29 is 18.7 Å². The quantitative estimate of drug-likeness (QED) is 0.836. The lowest BCUT2D eigenvalue weighted by Gasteiger charge is -2.17. The maximum absolute atomic E-state index is 13.6. The second kappa shape index (κ2) is 7.25. The van der Waals surface area contributed by atoms with Crippen LogP contribution in [-0.4, -0.2) is 47.3 Å². The molecule has 3 rings (SSSR count). The van der Waals surface area contributed by atoms with Gasteiger partial charge in [-0.05, 0) is 11.6 Å². The number of carbonyl (C=O) groups is 1. The smallest absolute Gasteiger partial charge is 0.233 e. The van der Waals surface area contributed by atoms with Crippen LogP contribution in [0.5, 0.6) is 11.8 Å². The molecule has 0 saturated carbocycles. The summed E-state index contributed by atoms with van der Waals surface area (Å²) < 4.78 is 24.3. The molecule has 1 atom stereocenters. The van der Waals surface area contributed by atoms with Gasteiger partial charge in [0.2, 0.25) is 17.7 Å². The molecule has 126 valence electrons. The zero-order valence-corrected chi connectivity index (χ0v) is 13.3. The molecule has 2 heterocycles. The lowest BCUT2D eigenvalue weighted by molar-refractivity contribution is -0.129. The van der Waals surface area contributed by atoms with Gasteiger partial charge in [-0.3, -0.25) is 4.79 Å². The second-order valence-corrected chi connectivity index (χ2v) is 5.55. The summed E-state index contributed by atoms with van der Waals surface area (Å²) in [5, 5.41) is 7.75. The van der Waals surface area contributed by atoms with Gasteiger partial charge in [0.25, 0.3) is 0 Å². The minimum absolute atomic E-state index is 0.0573. The van der Waals surface area contributed by atoms with E-state index in [2.05, 4.69) is 10.2 Å². The van der Waals surface area contributed by atoms with E-state index in [0.717, 1.165) is 0 Å². The van der Waals surface area contributed by atoms with Crippen molar-refractivity contribution in [2.75, 3.05) is 20.2 Å². The molecule has 0 N–H and O–H groups in total. The van der Waals surface area contributed by atoms with Gasteiger partial charge >= 0.3 is 0 Å². The Hall–Kier alpha value is -2.70. The first-order chi connectivity index (χ1) is 11.7. The van der Waals surface area contributed by atoms with Gasteiger partial charge in [0.1, 0.15) is 11.9 Å². The number of halogens is 1. The van der Waals surface area contributed by atoms with E-state index in [1.54, 1.807) is 35.2 Å². The van der Waals surface area contributed by atoms with Gasteiger partial charge in [-0.15, -0.1) is 10.2 Å². The van der Waals surface area contributed by atoms with Gasteiger partial charge in [0, 0.05) is 25.1 Å². The maximum Gasteiger partial charge on any atom is 0.233 e. The third-order valence-corrected chi connectivity index (χ3v) is 3.91. The van der Waals surface area contributed by atoms with Crippen molar-refractivity contribution in [1.29, 1.82) is 0 Å². The number of rotatable bonds is 5. The first kappa shape index (κ1) is 16.2. The van der Waals surface area contributed by atoms with Crippen LogP contribution in [0.25, 0.3) is 0 Å². The largest absolute Gasteiger partial charge is 0.480 e. The van der Waals surface area contributed by atoms with E-state index in [-0.39, 0.29) is 24.2 Å². The van der Waals surface area contributed by atoms with Crippen LogP contribution in [0, 0.1) is 5.82 Å². The number of hydrogen-bond acceptors (Lipinski definition) is 5. The number of carbonyl (C=O) groups excluding carboxylic acids is 1. The molecule has 2 aromatic rings. The van der Waals surface area contributed by atoms with Crippen LogP contribution in [0.3, 0.4) is 0 Å². The molecule has 0 aliphatic carbocycles. The summed E-state index contributed by atoms with van der Waals surface area (Å²) in [6, 6.07) is 9.67. The molecule has 7 heteroatoms. The highest BCUT2D eigenvalue weighted by Crippen LogP contribution is 2.18. The molecule has 1 fully saturated rings. The van der Waals surface area contributed by atoms with Gasteiger partial charge in [0.15, 0.2) is 0 Å². The summed E-state index contributed by atoms with van der Waals surface area (Å²) in [5.74, 6) is 0.345. The van der Waals surface area contributed by atoms with Gasteiger partial charge in [-0.2, -0.15) is 0 Å². The van der Waals surface area contributed by atoms with Crippen molar-refractivity contribution in [2.24, 2.45) is 0 Å². The van der Waals surface area contributed by atoms with E-state index in [4.69, 9.17) is 9.47 Å². The second-order valence-electron chi connectivity index (χ2n) is 5.55. The van der Waals surface area contributed by atoms with Crippen molar-refractivity contribution in [3.63, 3.8) is 0 Å². The van der Waals surface area contributed by atoms with Gasteiger partial charge < -0.3 is 14.4 Å². The number of methoxy groups -OCH3 is 1. The van der Waals surface area contributed by atoms with Crippen LogP contribution in [0.1, 0.15) is 12.0 Å². The van der Waals surface area contributed by atoms with Gasteiger partial charge in [-0.25, -0.2) is 4.39 Å². The lowest BCUT2D eigenvalue weighted by Crippen LogP contribution is -2.32. The molecule has 0 bridgehead atoms. The van der Waals surface area contributed by atoms with E-state index in [1.165, 1.54) is 13.2 Å². The fourth-order valence-corrected chi connectivity index (χ4v) is 2.62. The van der Waals surface area contributed by atoms with E-state index in [0.29, 0.717) is 36.8 Å². The molecule has 1 aromatic heterocycles. The number of ether oxygens (including phenoxy) is 2. The van der Waals surface area contributed by atoms with Gasteiger partial charge in [0.05, 0.1) is 20.1 Å². The highest BCUT2D eigenvalue weighted by Gasteiger charge is 2.28. The van der Waals surface area contributed by atoms with Crippen molar-refractivity contribution in [3.05, 3.63) is 47.8 Å². The Labute approximate surface area is 139 Å². The molecular weight excluding hydrogens is 313 g/mol. The number of hydrogen-bond donors (Lipinski definition) is 0. The Kier molecular flexibility index (Phi) is 4.88. The van der Waals surface area contributed by atoms with Crippen LogP contribution in [0.2, 0.25) is 0 Å². The molecule has 0 unspecified atom stereocenters. The monoisotopic (exact) mass is 331 g/mol. The Balaban J connectivity index is 1.54. The molecule has 1 saturated heterocycles. The summed E-state index contributed by atoms with van der Waals surface area (Å²) in [6.45, 7) is 1.04. The predicted octanol–water partition coefficient (Wildman–Crippen LogP) is 1.85. The Morgan fingerprint density at radius 2 is 2.00 bits per heavy atom. The molecule has 1 aromatic carbocycles. The standard InChI is InChI=1S/C17H18FN3O3/c1-23-15-6-7-16(20-19-15)24-13-8-9-21(11-13)17(22)10-12-4-2-3-5-14(12)18/h2-7,13H,8-11H2,1H3/t13-/m0/s1. The topological polar surface area (TPSA) is 64.6 Å². The third kappa shape index (κ3) is 3.79. The fourth-order valence-electron chi connectivity index (χ4n) is 2.62. The maximum atomic E-state index is 13.6. The fraction of sp³-hybridized carbons (Fsp3) is 0.353. The van der Waals surface area contributed by atoms with Crippen LogP contribution >= 0.6 is 0 Å². The summed E-state index contributed by atoms with van der Waals surface area (Å²) in [6.07, 6.45) is 0.621. The van der Waals surface area contributed by atoms with Crippen LogP contribution in [0.4, 0.5) is 4.39 Å². The lowest BCUT2D eigenvalue weighted by atomic mass is 10.1. The van der Waals surface area contributed by atoms with Crippen molar-refractivity contribution in [2.45, 2.75) is 18.9 Å². The average Bonchev–Trinajstić information content (AvgIpc) is 3.06. The average molecular weight is 331 g/mol. The zero-order valence-electron chi connectivity index (χ0n) is 13.3. The van der Waals surface area contributed by atoms with E-state index in [9.17, 15) is 9.18 Å². The third-order valence-electron chi connectivity index (χ3n) is 3.91. The molecule has 1 amide bonds. The molecule has 0 radical (unpaired) electrons. The number of nitrogens with zero attached hydrogens (tertiary/aromatic N) is 3. The number of likely N-dealkylation sites (tertiary alicyclic amines) is 1. The molecule has 24 heavy (non-hydrogen) atoms. The number of aromatic nitrogens is 2. The van der Waals surface area contributed by atoms with E-state index >= 15 is 0 Å². The molecule has 0 spiro atoms. The summed E-state index contributed by atoms with van der Waals surface area (Å²) in [4.78, 5) is 14.0. The summed E-state index contributed by atoms with van der Waals surface area (Å²) >= 11 is 0. The van der Waals surface area contributed by atoms with Crippen LogP contribution in [-0.2, 0) is 11.2 Å². The Morgan fingerprint density at radius 3 is 2.71 bits per heavy atom. The zero-order chi connectivity index (χ0) is 16.9. The predicted molar refractivity (Wildman–Crippen MR) is 84.3 cm³/mol. The minimum Gasteiger partial charge on any atom is -0.480 e. The number of benzene rings is 1. The Morgan fingerprint density at radius 1 is 1.25 bits per heavy atom. The number of amides is 1. The van der Waals surface area contributed by atoms with Crippen molar-refractivity contribution in [3.8, 4) is 11.8 Å². The minimum atomic E-state index is -0.355. The highest BCUT2D eigenvalue weighted by molar-refractivity contribution is 5.79. The Bertz CT molecular complexity index is 708. The molecule has 1 aliphatic heterocycles. The van der Waals surface area contributed by atoms with Crippen molar-refractivity contribution >= 4 is 5.91 Å².